The summed E-state index contributed by atoms with van der Waals surface area (Å²) < 4.78 is 15.7. The number of hydrogen-bond acceptors (Lipinski definition) is 5. The zero-order valence-corrected chi connectivity index (χ0v) is 12.8. The number of carbonyl (C=O) groups excluding carboxylic acids is 2. The van der Waals surface area contributed by atoms with Gasteiger partial charge in [-0.15, -0.1) is 0 Å². The van der Waals surface area contributed by atoms with Crippen LogP contribution in [0.25, 0.3) is 0 Å². The first-order chi connectivity index (χ1) is 9.57. The summed E-state index contributed by atoms with van der Waals surface area (Å²) in [5.74, 6) is 0.123. The fourth-order valence-electron chi connectivity index (χ4n) is 1.18. The molecule has 0 aliphatic carbocycles. The zero-order valence-electron chi connectivity index (χ0n) is 12.8. The van der Waals surface area contributed by atoms with Crippen molar-refractivity contribution in [2.75, 3.05) is 46.2 Å². The largest absolute Gasteiger partial charge is 0.377 e. The van der Waals surface area contributed by atoms with Gasteiger partial charge in [-0.2, -0.15) is 0 Å². The van der Waals surface area contributed by atoms with Gasteiger partial charge in [-0.3, -0.25) is 9.59 Å². The summed E-state index contributed by atoms with van der Waals surface area (Å²) in [4.78, 5) is 22.1. The van der Waals surface area contributed by atoms with Crippen molar-refractivity contribution in [3.05, 3.63) is 0 Å². The highest BCUT2D eigenvalue weighted by molar-refractivity contribution is 5.79. The number of nitrogens with one attached hydrogen (secondary N) is 1. The highest BCUT2D eigenvalue weighted by Crippen LogP contribution is 1.89. The lowest BCUT2D eigenvalue weighted by Gasteiger charge is -2.08. The lowest BCUT2D eigenvalue weighted by molar-refractivity contribution is -0.124. The summed E-state index contributed by atoms with van der Waals surface area (Å²) in [7, 11) is 0. The van der Waals surface area contributed by atoms with E-state index in [2.05, 4.69) is 5.32 Å². The third kappa shape index (κ3) is 12.1. The summed E-state index contributed by atoms with van der Waals surface area (Å²) in [6.45, 7) is 8.47. The number of amides is 1. The van der Waals surface area contributed by atoms with E-state index in [0.717, 1.165) is 0 Å². The Bertz CT molecular complexity index is 274. The predicted molar refractivity (Wildman–Crippen MR) is 77.7 cm³/mol. The summed E-state index contributed by atoms with van der Waals surface area (Å²) in [5, 5.41) is 2.76. The van der Waals surface area contributed by atoms with E-state index in [9.17, 15) is 9.59 Å². The number of hydrogen-bond donors (Lipinski definition) is 1. The number of ether oxygens (including phenoxy) is 3. The van der Waals surface area contributed by atoms with Gasteiger partial charge in [-0.1, -0.05) is 20.8 Å². The Hall–Kier alpha value is -0.980. The highest BCUT2D eigenvalue weighted by Gasteiger charge is 2.04. The topological polar surface area (TPSA) is 73.9 Å². The molecule has 0 aromatic heterocycles. The molecule has 120 valence electrons. The molecular formula is C14H29NO5. The fraction of sp³-hybridized carbons (Fsp3) is 0.857. The molecule has 0 fully saturated rings. The van der Waals surface area contributed by atoms with Crippen LogP contribution in [0.2, 0.25) is 0 Å². The standard InChI is InChI=1S/C14H27NO5.H2/c1-4-13(16)11-20-10-9-19-8-7-18-6-5-15-14(17)12(2)3;/h12H,4-11H2,1-3H3,(H,15,17);1H. The molecule has 0 bridgehead atoms. The first-order valence-electron chi connectivity index (χ1n) is 7.10. The van der Waals surface area contributed by atoms with Gasteiger partial charge < -0.3 is 19.5 Å². The van der Waals surface area contributed by atoms with Crippen molar-refractivity contribution in [3.63, 3.8) is 0 Å². The molecule has 0 rings (SSSR count). The van der Waals surface area contributed by atoms with Crippen LogP contribution in [-0.2, 0) is 23.8 Å². The molecule has 1 amide bonds. The van der Waals surface area contributed by atoms with Gasteiger partial charge >= 0.3 is 0 Å². The number of carbonyl (C=O) groups is 2. The van der Waals surface area contributed by atoms with Crippen LogP contribution in [0, 0.1) is 5.92 Å². The zero-order chi connectivity index (χ0) is 15.2. The molecule has 0 atom stereocenters. The Labute approximate surface area is 122 Å². The predicted octanol–water partition coefficient (Wildman–Crippen LogP) is 1.03. The van der Waals surface area contributed by atoms with Crippen LogP contribution in [0.3, 0.4) is 0 Å². The van der Waals surface area contributed by atoms with Crippen LogP contribution in [0.5, 0.6) is 0 Å². The Kier molecular flexibility index (Phi) is 12.4. The summed E-state index contributed by atoms with van der Waals surface area (Å²) in [6.07, 6.45) is 0.502. The van der Waals surface area contributed by atoms with Crippen LogP contribution in [0.15, 0.2) is 0 Å². The van der Waals surface area contributed by atoms with Gasteiger partial charge in [0.05, 0.1) is 33.0 Å². The minimum atomic E-state index is -0.00192. The number of ketones is 1. The van der Waals surface area contributed by atoms with Gasteiger partial charge in [-0.05, 0) is 0 Å². The van der Waals surface area contributed by atoms with Gasteiger partial charge in [0.25, 0.3) is 0 Å². The number of Topliss-reactive ketones (excluding diaryl/α,β-unsaturated/α-hetero) is 1. The van der Waals surface area contributed by atoms with E-state index >= 15 is 0 Å². The SMILES string of the molecule is CCC(=O)COCCOCCOCCNC(=O)C(C)C.[HH]. The second kappa shape index (κ2) is 13.0. The monoisotopic (exact) mass is 291 g/mol. The molecule has 0 spiro atoms. The first kappa shape index (κ1) is 19.0. The van der Waals surface area contributed by atoms with E-state index in [0.29, 0.717) is 46.0 Å². The van der Waals surface area contributed by atoms with E-state index in [1.807, 2.05) is 20.8 Å². The van der Waals surface area contributed by atoms with E-state index in [1.165, 1.54) is 0 Å². The quantitative estimate of drug-likeness (QED) is 0.513. The van der Waals surface area contributed by atoms with E-state index in [1.54, 1.807) is 0 Å². The van der Waals surface area contributed by atoms with Gasteiger partial charge in [0.2, 0.25) is 5.91 Å². The van der Waals surface area contributed by atoms with Crippen molar-refractivity contribution >= 4 is 11.7 Å². The maximum Gasteiger partial charge on any atom is 0.222 e. The third-order valence-corrected chi connectivity index (χ3v) is 2.47. The van der Waals surface area contributed by atoms with Crippen LogP contribution >= 0.6 is 0 Å². The molecule has 0 aliphatic heterocycles. The molecule has 0 saturated carbocycles. The average molecular weight is 291 g/mol. The molecule has 0 radical (unpaired) electrons. The van der Waals surface area contributed by atoms with Crippen LogP contribution in [0.4, 0.5) is 0 Å². The van der Waals surface area contributed by atoms with Crippen LogP contribution in [0.1, 0.15) is 28.6 Å². The van der Waals surface area contributed by atoms with Gasteiger partial charge in [-0.25, -0.2) is 0 Å². The summed E-state index contributed by atoms with van der Waals surface area (Å²) in [5.41, 5.74) is 0. The minimum Gasteiger partial charge on any atom is -0.377 e. The normalized spacial score (nSPS) is 10.8. The van der Waals surface area contributed by atoms with Gasteiger partial charge in [0, 0.05) is 20.3 Å². The van der Waals surface area contributed by atoms with Crippen LogP contribution in [-0.4, -0.2) is 57.9 Å². The van der Waals surface area contributed by atoms with E-state index in [-0.39, 0.29) is 25.6 Å². The smallest absolute Gasteiger partial charge is 0.222 e. The molecule has 0 aromatic rings. The van der Waals surface area contributed by atoms with Crippen molar-refractivity contribution < 1.29 is 25.2 Å². The second-order valence-electron chi connectivity index (χ2n) is 4.62. The lowest BCUT2D eigenvalue weighted by atomic mass is 10.2. The molecule has 0 unspecified atom stereocenters. The molecular weight excluding hydrogens is 262 g/mol. The molecule has 0 aromatic carbocycles. The van der Waals surface area contributed by atoms with Gasteiger partial charge in [0.1, 0.15) is 6.61 Å². The molecule has 0 heterocycles. The maximum absolute atomic E-state index is 11.2. The maximum atomic E-state index is 11.2. The highest BCUT2D eigenvalue weighted by atomic mass is 16.5. The molecule has 0 saturated heterocycles. The molecule has 1 N–H and O–H groups in total. The Balaban J connectivity index is 0. The summed E-state index contributed by atoms with van der Waals surface area (Å²) in [6, 6.07) is 0. The van der Waals surface area contributed by atoms with Crippen molar-refractivity contribution in [1.29, 1.82) is 0 Å². The first-order valence-corrected chi connectivity index (χ1v) is 7.10. The molecule has 6 nitrogen and oxygen atoms in total. The Morgan fingerprint density at radius 3 is 2.10 bits per heavy atom. The fourth-order valence-corrected chi connectivity index (χ4v) is 1.18. The van der Waals surface area contributed by atoms with Crippen molar-refractivity contribution in [2.24, 2.45) is 5.92 Å². The van der Waals surface area contributed by atoms with E-state index in [4.69, 9.17) is 14.2 Å². The summed E-state index contributed by atoms with van der Waals surface area (Å²) >= 11 is 0. The molecule has 0 aliphatic rings. The molecule has 6 heteroatoms. The van der Waals surface area contributed by atoms with Crippen molar-refractivity contribution in [3.8, 4) is 0 Å². The van der Waals surface area contributed by atoms with Crippen LogP contribution < -0.4 is 5.32 Å². The Morgan fingerprint density at radius 2 is 1.55 bits per heavy atom. The lowest BCUT2D eigenvalue weighted by Crippen LogP contribution is -2.31. The third-order valence-electron chi connectivity index (χ3n) is 2.47. The van der Waals surface area contributed by atoms with E-state index < -0.39 is 0 Å². The van der Waals surface area contributed by atoms with Gasteiger partial charge in [0.15, 0.2) is 5.78 Å². The van der Waals surface area contributed by atoms with Crippen molar-refractivity contribution in [1.82, 2.24) is 5.32 Å². The number of rotatable bonds is 13. The van der Waals surface area contributed by atoms with Crippen molar-refractivity contribution in [2.45, 2.75) is 27.2 Å². The second-order valence-corrected chi connectivity index (χ2v) is 4.62. The Morgan fingerprint density at radius 1 is 1.00 bits per heavy atom. The average Bonchev–Trinajstić information content (AvgIpc) is 2.43. The minimum absolute atomic E-state index is 0. The molecule has 20 heavy (non-hydrogen) atoms.